The number of alkyl halides is 3. The van der Waals surface area contributed by atoms with Crippen molar-refractivity contribution in [1.29, 1.82) is 0 Å². The van der Waals surface area contributed by atoms with Crippen molar-refractivity contribution >= 4 is 5.97 Å². The second-order valence-corrected chi connectivity index (χ2v) is 6.93. The molecule has 8 heteroatoms. The first kappa shape index (κ1) is 21.4. The van der Waals surface area contributed by atoms with E-state index in [1.807, 2.05) is 19.1 Å². The number of ether oxygens (including phenoxy) is 1. The maximum atomic E-state index is 12.7. The van der Waals surface area contributed by atoms with Crippen molar-refractivity contribution in [3.8, 4) is 17.0 Å². The van der Waals surface area contributed by atoms with Crippen molar-refractivity contribution in [3.05, 3.63) is 70.5 Å². The highest BCUT2D eigenvalue weighted by molar-refractivity contribution is 5.67. The van der Waals surface area contributed by atoms with Crippen molar-refractivity contribution in [2.24, 2.45) is 0 Å². The molecule has 3 rings (SSSR count). The Bertz CT molecular complexity index is 1040. The van der Waals surface area contributed by atoms with Gasteiger partial charge in [0.15, 0.2) is 5.76 Å². The fourth-order valence-corrected chi connectivity index (χ4v) is 3.02. The lowest BCUT2D eigenvalue weighted by Crippen LogP contribution is -2.04. The zero-order chi connectivity index (χ0) is 21.9. The van der Waals surface area contributed by atoms with Crippen molar-refractivity contribution in [2.75, 3.05) is 0 Å². The summed E-state index contributed by atoms with van der Waals surface area (Å²) in [7, 11) is 0. The lowest BCUT2D eigenvalue weighted by atomic mass is 10.0. The van der Waals surface area contributed by atoms with E-state index in [9.17, 15) is 18.0 Å². The summed E-state index contributed by atoms with van der Waals surface area (Å²) in [5, 5.41) is 12.8. The Labute approximate surface area is 171 Å². The average molecular weight is 419 g/mol. The van der Waals surface area contributed by atoms with Gasteiger partial charge in [-0.05, 0) is 55.7 Å². The van der Waals surface area contributed by atoms with Crippen LogP contribution < -0.4 is 4.74 Å². The minimum atomic E-state index is -4.39. The smallest absolute Gasteiger partial charge is 0.416 e. The van der Waals surface area contributed by atoms with Crippen molar-refractivity contribution in [3.63, 3.8) is 0 Å². The van der Waals surface area contributed by atoms with Gasteiger partial charge in [-0.2, -0.15) is 13.2 Å². The summed E-state index contributed by atoms with van der Waals surface area (Å²) in [6, 6.07) is 10.1. The quantitative estimate of drug-likeness (QED) is 0.542. The zero-order valence-electron chi connectivity index (χ0n) is 16.4. The highest BCUT2D eigenvalue weighted by Crippen LogP contribution is 2.32. The maximum Gasteiger partial charge on any atom is 0.416 e. The van der Waals surface area contributed by atoms with Gasteiger partial charge in [0.2, 0.25) is 0 Å². The van der Waals surface area contributed by atoms with E-state index in [4.69, 9.17) is 14.4 Å². The molecule has 0 atom stereocenters. The van der Waals surface area contributed by atoms with Crippen LogP contribution in [0.25, 0.3) is 11.3 Å². The molecule has 0 fully saturated rings. The summed E-state index contributed by atoms with van der Waals surface area (Å²) < 4.78 is 49.2. The van der Waals surface area contributed by atoms with Crippen LogP contribution in [0.5, 0.6) is 5.75 Å². The standard InChI is InChI=1S/C22H20F3NO4/c1-13-11-18(9-5-15(13)6-10-20(27)28)29-12-19-14(2)21(26-30-19)16-3-7-17(8-4-16)22(23,24)25/h3-5,7-9,11H,6,10,12H2,1-2H3,(H,27,28). The van der Waals surface area contributed by atoms with Gasteiger partial charge in [0, 0.05) is 17.5 Å². The lowest BCUT2D eigenvalue weighted by Gasteiger charge is -2.09. The Kier molecular flexibility index (Phi) is 6.14. The molecule has 0 aliphatic carbocycles. The lowest BCUT2D eigenvalue weighted by molar-refractivity contribution is -0.138. The molecule has 5 nitrogen and oxygen atoms in total. The van der Waals surface area contributed by atoms with E-state index in [-0.39, 0.29) is 13.0 Å². The summed E-state index contributed by atoms with van der Waals surface area (Å²) in [5.41, 5.74) is 2.80. The number of nitrogens with zero attached hydrogens (tertiary/aromatic N) is 1. The van der Waals surface area contributed by atoms with Gasteiger partial charge in [0.1, 0.15) is 18.1 Å². The third-order valence-corrected chi connectivity index (χ3v) is 4.80. The van der Waals surface area contributed by atoms with Crippen LogP contribution in [0, 0.1) is 13.8 Å². The number of hydrogen-bond donors (Lipinski definition) is 1. The number of rotatable bonds is 7. The molecule has 3 aromatic rings. The highest BCUT2D eigenvalue weighted by atomic mass is 19.4. The molecular weight excluding hydrogens is 399 g/mol. The maximum absolute atomic E-state index is 12.7. The molecule has 0 saturated carbocycles. The van der Waals surface area contributed by atoms with E-state index >= 15 is 0 Å². The monoisotopic (exact) mass is 419 g/mol. The largest absolute Gasteiger partial charge is 0.486 e. The van der Waals surface area contributed by atoms with Gasteiger partial charge in [-0.15, -0.1) is 0 Å². The van der Waals surface area contributed by atoms with Gasteiger partial charge < -0.3 is 14.4 Å². The number of benzene rings is 2. The Morgan fingerprint density at radius 2 is 1.83 bits per heavy atom. The van der Waals surface area contributed by atoms with Crippen LogP contribution in [0.2, 0.25) is 0 Å². The number of aryl methyl sites for hydroxylation is 2. The van der Waals surface area contributed by atoms with Crippen LogP contribution in [0.3, 0.4) is 0 Å². The van der Waals surface area contributed by atoms with Crippen molar-refractivity contribution in [1.82, 2.24) is 5.16 Å². The molecule has 2 aromatic carbocycles. The first-order valence-corrected chi connectivity index (χ1v) is 9.22. The molecule has 30 heavy (non-hydrogen) atoms. The molecular formula is C22H20F3NO4. The summed E-state index contributed by atoms with van der Waals surface area (Å²) in [4.78, 5) is 10.7. The molecule has 1 heterocycles. The van der Waals surface area contributed by atoms with Crippen LogP contribution in [0.1, 0.15) is 34.4 Å². The third kappa shape index (κ3) is 5.00. The second kappa shape index (κ2) is 8.61. The van der Waals surface area contributed by atoms with E-state index in [0.29, 0.717) is 34.8 Å². The normalized spacial score (nSPS) is 11.5. The molecule has 1 N–H and O–H groups in total. The van der Waals surface area contributed by atoms with Crippen LogP contribution in [0.4, 0.5) is 13.2 Å². The SMILES string of the molecule is Cc1cc(OCc2onc(-c3ccc(C(F)(F)F)cc3)c2C)ccc1CCC(=O)O. The van der Waals surface area contributed by atoms with E-state index in [2.05, 4.69) is 5.16 Å². The highest BCUT2D eigenvalue weighted by Gasteiger charge is 2.30. The number of aromatic nitrogens is 1. The Morgan fingerprint density at radius 1 is 1.13 bits per heavy atom. The Hall–Kier alpha value is -3.29. The number of aliphatic carboxylic acids is 1. The zero-order valence-corrected chi connectivity index (χ0v) is 16.4. The average Bonchev–Trinajstić information content (AvgIpc) is 3.05. The number of halogens is 3. The molecule has 0 aliphatic heterocycles. The number of carboxylic acid groups (broad SMARTS) is 1. The van der Waals surface area contributed by atoms with Crippen molar-refractivity contribution in [2.45, 2.75) is 39.5 Å². The van der Waals surface area contributed by atoms with Crippen LogP contribution in [-0.4, -0.2) is 16.2 Å². The molecule has 0 aliphatic rings. The molecule has 0 bridgehead atoms. The van der Waals surface area contributed by atoms with E-state index in [0.717, 1.165) is 23.3 Å². The fourth-order valence-electron chi connectivity index (χ4n) is 3.02. The Morgan fingerprint density at radius 3 is 2.43 bits per heavy atom. The summed E-state index contributed by atoms with van der Waals surface area (Å²) in [6.07, 6.45) is -3.89. The van der Waals surface area contributed by atoms with Gasteiger partial charge in [-0.3, -0.25) is 4.79 Å². The molecule has 0 radical (unpaired) electrons. The van der Waals surface area contributed by atoms with Gasteiger partial charge in [0.25, 0.3) is 0 Å². The summed E-state index contributed by atoms with van der Waals surface area (Å²) in [5.74, 6) is 0.218. The first-order valence-electron chi connectivity index (χ1n) is 9.22. The molecule has 1 aromatic heterocycles. The molecule has 0 unspecified atom stereocenters. The predicted octanol–water partition coefficient (Wildman–Crippen LogP) is 5.57. The van der Waals surface area contributed by atoms with Crippen LogP contribution >= 0.6 is 0 Å². The van der Waals surface area contributed by atoms with E-state index < -0.39 is 17.7 Å². The molecule has 0 saturated heterocycles. The van der Waals surface area contributed by atoms with Gasteiger partial charge >= 0.3 is 12.1 Å². The topological polar surface area (TPSA) is 72.6 Å². The summed E-state index contributed by atoms with van der Waals surface area (Å²) >= 11 is 0. The van der Waals surface area contributed by atoms with Crippen LogP contribution in [0.15, 0.2) is 47.0 Å². The van der Waals surface area contributed by atoms with Gasteiger partial charge in [-0.1, -0.05) is 23.4 Å². The molecule has 0 amide bonds. The fraction of sp³-hybridized carbons (Fsp3) is 0.273. The number of carboxylic acids is 1. The van der Waals surface area contributed by atoms with Gasteiger partial charge in [0.05, 0.1) is 5.56 Å². The third-order valence-electron chi connectivity index (χ3n) is 4.80. The number of hydrogen-bond acceptors (Lipinski definition) is 4. The first-order chi connectivity index (χ1) is 14.1. The van der Waals surface area contributed by atoms with E-state index in [1.165, 1.54) is 12.1 Å². The van der Waals surface area contributed by atoms with Gasteiger partial charge in [-0.25, -0.2) is 0 Å². The van der Waals surface area contributed by atoms with E-state index in [1.54, 1.807) is 13.0 Å². The number of carbonyl (C=O) groups is 1. The minimum Gasteiger partial charge on any atom is -0.486 e. The molecule has 158 valence electrons. The second-order valence-electron chi connectivity index (χ2n) is 6.93. The van der Waals surface area contributed by atoms with Crippen LogP contribution in [-0.2, 0) is 24.0 Å². The summed E-state index contributed by atoms with van der Waals surface area (Å²) in [6.45, 7) is 3.75. The predicted molar refractivity (Wildman–Crippen MR) is 103 cm³/mol. The minimum absolute atomic E-state index is 0.0605. The Balaban J connectivity index is 1.68. The van der Waals surface area contributed by atoms with Crippen molar-refractivity contribution < 1.29 is 32.3 Å². The molecule has 0 spiro atoms.